The monoisotopic (exact) mass is 350 g/mol. The molecule has 0 saturated carbocycles. The van der Waals surface area contributed by atoms with Crippen molar-refractivity contribution in [2.45, 2.75) is 19.8 Å². The predicted molar refractivity (Wildman–Crippen MR) is 100 cm³/mol. The SMILES string of the molecule is C=CC(=O)N1CCC(C(=O)Nc2ccc(-c3nccc(C)n3)cc2)CC1. The minimum Gasteiger partial charge on any atom is -0.339 e. The zero-order chi connectivity index (χ0) is 18.5. The Balaban J connectivity index is 1.58. The highest BCUT2D eigenvalue weighted by atomic mass is 16.2. The van der Waals surface area contributed by atoms with Gasteiger partial charge in [-0.2, -0.15) is 0 Å². The molecule has 0 atom stereocenters. The van der Waals surface area contributed by atoms with Crippen molar-refractivity contribution in [2.75, 3.05) is 18.4 Å². The van der Waals surface area contributed by atoms with Gasteiger partial charge in [0.25, 0.3) is 0 Å². The highest BCUT2D eigenvalue weighted by molar-refractivity contribution is 5.93. The average Bonchev–Trinajstić information content (AvgIpc) is 2.68. The summed E-state index contributed by atoms with van der Waals surface area (Å²) in [6, 6.07) is 9.36. The first-order valence-corrected chi connectivity index (χ1v) is 8.69. The number of rotatable bonds is 4. The number of nitrogens with one attached hydrogen (secondary N) is 1. The molecule has 1 fully saturated rings. The number of aryl methyl sites for hydroxylation is 1. The number of likely N-dealkylation sites (tertiary alicyclic amines) is 1. The first-order chi connectivity index (χ1) is 12.6. The van der Waals surface area contributed by atoms with Crippen LogP contribution in [0.25, 0.3) is 11.4 Å². The van der Waals surface area contributed by atoms with E-state index in [-0.39, 0.29) is 17.7 Å². The van der Waals surface area contributed by atoms with Crippen LogP contribution in [0, 0.1) is 12.8 Å². The molecule has 1 saturated heterocycles. The molecule has 1 aromatic carbocycles. The standard InChI is InChI=1S/C20H22N4O2/c1-3-18(25)24-12-9-16(10-13-24)20(26)23-17-6-4-15(5-7-17)19-21-11-8-14(2)22-19/h3-8,11,16H,1,9-10,12-13H2,2H3,(H,23,26). The molecule has 0 radical (unpaired) electrons. The molecule has 2 aromatic rings. The minimum atomic E-state index is -0.0800. The van der Waals surface area contributed by atoms with Gasteiger partial charge in [0.2, 0.25) is 11.8 Å². The number of carbonyl (C=O) groups is 2. The van der Waals surface area contributed by atoms with Gasteiger partial charge in [0, 0.05) is 42.1 Å². The van der Waals surface area contributed by atoms with E-state index in [1.165, 1.54) is 6.08 Å². The Morgan fingerprint density at radius 1 is 1.19 bits per heavy atom. The van der Waals surface area contributed by atoms with Crippen LogP contribution in [0.15, 0.2) is 49.2 Å². The topological polar surface area (TPSA) is 75.2 Å². The number of carbonyl (C=O) groups excluding carboxylic acids is 2. The molecule has 6 nitrogen and oxygen atoms in total. The molecule has 134 valence electrons. The predicted octanol–water partition coefficient (Wildman–Crippen LogP) is 2.82. The van der Waals surface area contributed by atoms with E-state index in [4.69, 9.17) is 0 Å². The lowest BCUT2D eigenvalue weighted by Crippen LogP contribution is -2.40. The number of piperidine rings is 1. The van der Waals surface area contributed by atoms with Crippen LogP contribution in [0.3, 0.4) is 0 Å². The summed E-state index contributed by atoms with van der Waals surface area (Å²) < 4.78 is 0. The van der Waals surface area contributed by atoms with E-state index in [1.807, 2.05) is 37.3 Å². The van der Waals surface area contributed by atoms with Gasteiger partial charge in [-0.3, -0.25) is 9.59 Å². The van der Waals surface area contributed by atoms with Crippen LogP contribution in [0.5, 0.6) is 0 Å². The Labute approximate surface area is 153 Å². The van der Waals surface area contributed by atoms with Gasteiger partial charge in [0.05, 0.1) is 0 Å². The summed E-state index contributed by atoms with van der Waals surface area (Å²) in [5.41, 5.74) is 2.56. The number of amides is 2. The molecular weight excluding hydrogens is 328 g/mol. The maximum Gasteiger partial charge on any atom is 0.245 e. The van der Waals surface area contributed by atoms with Crippen molar-refractivity contribution in [1.29, 1.82) is 0 Å². The van der Waals surface area contributed by atoms with E-state index in [0.29, 0.717) is 31.8 Å². The molecule has 6 heteroatoms. The summed E-state index contributed by atoms with van der Waals surface area (Å²) in [7, 11) is 0. The van der Waals surface area contributed by atoms with Gasteiger partial charge < -0.3 is 10.2 Å². The van der Waals surface area contributed by atoms with Crippen LogP contribution in [0.1, 0.15) is 18.5 Å². The molecule has 1 aromatic heterocycles. The molecule has 3 rings (SSSR count). The van der Waals surface area contributed by atoms with E-state index in [0.717, 1.165) is 16.9 Å². The molecule has 2 amide bonds. The van der Waals surface area contributed by atoms with Gasteiger partial charge in [0.1, 0.15) is 0 Å². The van der Waals surface area contributed by atoms with Crippen LogP contribution in [-0.2, 0) is 9.59 Å². The van der Waals surface area contributed by atoms with E-state index in [1.54, 1.807) is 11.1 Å². The lowest BCUT2D eigenvalue weighted by molar-refractivity contribution is -0.130. The zero-order valence-electron chi connectivity index (χ0n) is 14.8. The Morgan fingerprint density at radius 2 is 1.88 bits per heavy atom. The zero-order valence-corrected chi connectivity index (χ0v) is 14.8. The maximum absolute atomic E-state index is 12.5. The smallest absolute Gasteiger partial charge is 0.245 e. The molecule has 1 aliphatic rings. The number of hydrogen-bond acceptors (Lipinski definition) is 4. The number of hydrogen-bond donors (Lipinski definition) is 1. The lowest BCUT2D eigenvalue weighted by atomic mass is 9.95. The third kappa shape index (κ3) is 4.14. The second-order valence-electron chi connectivity index (χ2n) is 6.39. The van der Waals surface area contributed by atoms with Gasteiger partial charge in [-0.25, -0.2) is 9.97 Å². The van der Waals surface area contributed by atoms with Crippen LogP contribution in [0.4, 0.5) is 5.69 Å². The molecule has 0 unspecified atom stereocenters. The number of nitrogens with zero attached hydrogens (tertiary/aromatic N) is 3. The summed E-state index contributed by atoms with van der Waals surface area (Å²) in [6.45, 7) is 6.60. The van der Waals surface area contributed by atoms with Crippen molar-refractivity contribution < 1.29 is 9.59 Å². The molecule has 26 heavy (non-hydrogen) atoms. The first kappa shape index (κ1) is 17.8. The van der Waals surface area contributed by atoms with Gasteiger partial charge in [-0.15, -0.1) is 0 Å². The molecule has 1 N–H and O–H groups in total. The molecular formula is C20H22N4O2. The van der Waals surface area contributed by atoms with E-state index in [2.05, 4.69) is 21.9 Å². The van der Waals surface area contributed by atoms with Crippen molar-refractivity contribution in [3.8, 4) is 11.4 Å². The van der Waals surface area contributed by atoms with Crippen LogP contribution >= 0.6 is 0 Å². The fourth-order valence-electron chi connectivity index (χ4n) is 3.03. The third-order valence-corrected chi connectivity index (χ3v) is 4.56. The number of anilines is 1. The second-order valence-corrected chi connectivity index (χ2v) is 6.39. The van der Waals surface area contributed by atoms with Crippen LogP contribution < -0.4 is 5.32 Å². The minimum absolute atomic E-state index is 0.00439. The van der Waals surface area contributed by atoms with Crippen molar-refractivity contribution in [3.05, 3.63) is 54.9 Å². The molecule has 0 bridgehead atoms. The van der Waals surface area contributed by atoms with E-state index >= 15 is 0 Å². The fraction of sp³-hybridized carbons (Fsp3) is 0.300. The van der Waals surface area contributed by atoms with E-state index < -0.39 is 0 Å². The quantitative estimate of drug-likeness (QED) is 0.861. The Morgan fingerprint density at radius 3 is 2.50 bits per heavy atom. The number of benzene rings is 1. The van der Waals surface area contributed by atoms with Crippen molar-refractivity contribution in [1.82, 2.24) is 14.9 Å². The summed E-state index contributed by atoms with van der Waals surface area (Å²) in [5, 5.41) is 2.96. The van der Waals surface area contributed by atoms with Gasteiger partial charge in [0.15, 0.2) is 5.82 Å². The molecule has 1 aliphatic heterocycles. The normalized spacial score (nSPS) is 14.7. The van der Waals surface area contributed by atoms with Crippen molar-refractivity contribution in [2.24, 2.45) is 5.92 Å². The van der Waals surface area contributed by atoms with Gasteiger partial charge in [-0.1, -0.05) is 6.58 Å². The Kier molecular flexibility index (Phi) is 5.41. The first-order valence-electron chi connectivity index (χ1n) is 8.69. The van der Waals surface area contributed by atoms with E-state index in [9.17, 15) is 9.59 Å². The summed E-state index contributed by atoms with van der Waals surface area (Å²) in [6.07, 6.45) is 4.39. The van der Waals surface area contributed by atoms with Crippen LogP contribution in [-0.4, -0.2) is 39.8 Å². The third-order valence-electron chi connectivity index (χ3n) is 4.56. The van der Waals surface area contributed by atoms with Crippen LogP contribution in [0.2, 0.25) is 0 Å². The lowest BCUT2D eigenvalue weighted by Gasteiger charge is -2.30. The molecule has 2 heterocycles. The highest BCUT2D eigenvalue weighted by Crippen LogP contribution is 2.22. The maximum atomic E-state index is 12.5. The Hall–Kier alpha value is -3.02. The van der Waals surface area contributed by atoms with Gasteiger partial charge in [-0.05, 0) is 56.2 Å². The van der Waals surface area contributed by atoms with Crippen molar-refractivity contribution in [3.63, 3.8) is 0 Å². The summed E-state index contributed by atoms with van der Waals surface area (Å²) in [5.74, 6) is 0.513. The highest BCUT2D eigenvalue weighted by Gasteiger charge is 2.26. The molecule has 0 aliphatic carbocycles. The fourth-order valence-corrected chi connectivity index (χ4v) is 3.03. The largest absolute Gasteiger partial charge is 0.339 e. The summed E-state index contributed by atoms with van der Waals surface area (Å²) in [4.78, 5) is 34.4. The van der Waals surface area contributed by atoms with Gasteiger partial charge >= 0.3 is 0 Å². The summed E-state index contributed by atoms with van der Waals surface area (Å²) >= 11 is 0. The number of aromatic nitrogens is 2. The van der Waals surface area contributed by atoms with Crippen molar-refractivity contribution >= 4 is 17.5 Å². The second kappa shape index (κ2) is 7.91. The Bertz CT molecular complexity index is 809. The average molecular weight is 350 g/mol. The molecule has 0 spiro atoms.